The van der Waals surface area contributed by atoms with Crippen molar-refractivity contribution < 1.29 is 19.4 Å². The van der Waals surface area contributed by atoms with Crippen LogP contribution in [0.2, 0.25) is 0 Å². The van der Waals surface area contributed by atoms with Gasteiger partial charge in [-0.3, -0.25) is 9.69 Å². The fourth-order valence-electron chi connectivity index (χ4n) is 3.99. The number of anilines is 1. The Kier molecular flexibility index (Phi) is 6.40. The molecule has 0 aliphatic carbocycles. The number of hydrogen-bond donors (Lipinski definition) is 1. The van der Waals surface area contributed by atoms with Gasteiger partial charge in [-0.25, -0.2) is 4.79 Å². The largest absolute Gasteiger partial charge is 0.507 e. The second-order valence-corrected chi connectivity index (χ2v) is 7.86. The van der Waals surface area contributed by atoms with Crippen LogP contribution in [0, 0.1) is 0 Å². The number of carbonyl (C=O) groups is 2. The summed E-state index contributed by atoms with van der Waals surface area (Å²) >= 11 is 0. The van der Waals surface area contributed by atoms with Gasteiger partial charge in [0.1, 0.15) is 18.4 Å². The number of aromatic hydroxyl groups is 1. The summed E-state index contributed by atoms with van der Waals surface area (Å²) in [5.74, 6) is 0.0235. The fourth-order valence-corrected chi connectivity index (χ4v) is 3.99. The van der Waals surface area contributed by atoms with Crippen LogP contribution in [0.4, 0.5) is 10.5 Å². The van der Waals surface area contributed by atoms with Gasteiger partial charge in [0.15, 0.2) is 0 Å². The molecular formula is C26H26N2O4. The molecule has 3 aromatic carbocycles. The lowest BCUT2D eigenvalue weighted by Crippen LogP contribution is -2.46. The highest BCUT2D eigenvalue weighted by Gasteiger charge is 2.37. The van der Waals surface area contributed by atoms with Crippen molar-refractivity contribution in [3.05, 3.63) is 84.4 Å². The maximum absolute atomic E-state index is 13.3. The van der Waals surface area contributed by atoms with E-state index in [-0.39, 0.29) is 18.3 Å². The van der Waals surface area contributed by atoms with Gasteiger partial charge in [0.2, 0.25) is 5.91 Å². The van der Waals surface area contributed by atoms with Gasteiger partial charge in [-0.2, -0.15) is 0 Å². The maximum atomic E-state index is 13.3. The Bertz CT molecular complexity index is 1100. The number of amides is 2. The molecule has 0 spiro atoms. The van der Waals surface area contributed by atoms with Crippen molar-refractivity contribution in [1.82, 2.24) is 4.90 Å². The van der Waals surface area contributed by atoms with Crippen molar-refractivity contribution in [3.63, 3.8) is 0 Å². The third kappa shape index (κ3) is 4.59. The highest BCUT2D eigenvalue weighted by molar-refractivity contribution is 5.99. The molecular weight excluding hydrogens is 404 g/mol. The number of phenolic OH excluding ortho intramolecular Hbond substituents is 1. The van der Waals surface area contributed by atoms with Crippen LogP contribution in [0.15, 0.2) is 78.9 Å². The summed E-state index contributed by atoms with van der Waals surface area (Å²) in [6.45, 7) is 0.672. The maximum Gasteiger partial charge on any atom is 0.410 e. The molecule has 1 fully saturated rings. The van der Waals surface area contributed by atoms with Crippen LogP contribution in [-0.4, -0.2) is 41.6 Å². The molecule has 0 aromatic heterocycles. The Morgan fingerprint density at radius 1 is 1.03 bits per heavy atom. The normalized spacial score (nSPS) is 15.4. The molecule has 1 heterocycles. The molecule has 6 nitrogen and oxygen atoms in total. The number of ether oxygens (including phenoxy) is 1. The third-order valence-electron chi connectivity index (χ3n) is 5.76. The summed E-state index contributed by atoms with van der Waals surface area (Å²) in [5.41, 5.74) is 3.11. The van der Waals surface area contributed by atoms with Crippen LogP contribution < -0.4 is 4.90 Å². The first-order valence-electron chi connectivity index (χ1n) is 10.7. The number of rotatable bonds is 5. The highest BCUT2D eigenvalue weighted by Crippen LogP contribution is 2.31. The van der Waals surface area contributed by atoms with Gasteiger partial charge >= 0.3 is 6.09 Å². The van der Waals surface area contributed by atoms with Gasteiger partial charge < -0.3 is 14.7 Å². The number of likely N-dealkylation sites (tertiary alicyclic amines) is 1. The lowest BCUT2D eigenvalue weighted by Gasteiger charge is -2.28. The number of nitrogens with zero attached hydrogens (tertiary/aromatic N) is 2. The molecule has 1 atom stereocenters. The Morgan fingerprint density at radius 2 is 1.78 bits per heavy atom. The average Bonchev–Trinajstić information content (AvgIpc) is 3.33. The number of carbonyl (C=O) groups excluding carboxylic acids is 2. The predicted octanol–water partition coefficient (Wildman–Crippen LogP) is 4.82. The minimum Gasteiger partial charge on any atom is -0.507 e. The minimum absolute atomic E-state index is 0.159. The first kappa shape index (κ1) is 21.4. The zero-order valence-electron chi connectivity index (χ0n) is 18.0. The summed E-state index contributed by atoms with van der Waals surface area (Å²) in [5, 5.41) is 10.2. The van der Waals surface area contributed by atoms with E-state index in [0.717, 1.165) is 17.5 Å². The summed E-state index contributed by atoms with van der Waals surface area (Å²) in [6, 6.07) is 23.4. The summed E-state index contributed by atoms with van der Waals surface area (Å²) in [4.78, 5) is 29.0. The van der Waals surface area contributed by atoms with E-state index in [4.69, 9.17) is 4.74 Å². The number of phenols is 1. The van der Waals surface area contributed by atoms with Crippen LogP contribution in [0.3, 0.4) is 0 Å². The van der Waals surface area contributed by atoms with Crippen molar-refractivity contribution in [2.24, 2.45) is 0 Å². The zero-order chi connectivity index (χ0) is 22.5. The van der Waals surface area contributed by atoms with E-state index in [9.17, 15) is 14.7 Å². The SMILES string of the molecule is CN(C(=O)C1CCCN1C(=O)OCc1ccccc1)c1cccc(-c2ccccc2O)c1. The summed E-state index contributed by atoms with van der Waals surface area (Å²) < 4.78 is 5.46. The van der Waals surface area contributed by atoms with Crippen LogP contribution in [0.25, 0.3) is 11.1 Å². The Balaban J connectivity index is 1.46. The van der Waals surface area contributed by atoms with E-state index in [1.165, 1.54) is 4.90 Å². The second kappa shape index (κ2) is 9.56. The molecule has 0 radical (unpaired) electrons. The molecule has 1 unspecified atom stereocenters. The zero-order valence-corrected chi connectivity index (χ0v) is 18.0. The molecule has 2 amide bonds. The van der Waals surface area contributed by atoms with Crippen molar-refractivity contribution in [1.29, 1.82) is 0 Å². The van der Waals surface area contributed by atoms with Gasteiger partial charge in [-0.1, -0.05) is 60.7 Å². The van der Waals surface area contributed by atoms with Crippen LogP contribution in [0.5, 0.6) is 5.75 Å². The number of benzene rings is 3. The standard InChI is InChI=1S/C26H26N2O4/c1-27(21-12-7-11-20(17-21)22-13-5-6-15-24(22)29)25(30)23-14-8-16-28(23)26(31)32-18-19-9-3-2-4-10-19/h2-7,9-13,15,17,23,29H,8,14,16,18H2,1H3. The second-order valence-electron chi connectivity index (χ2n) is 7.86. The number of likely N-dealkylation sites (N-methyl/N-ethyl adjacent to an activating group) is 1. The van der Waals surface area contributed by atoms with E-state index in [0.29, 0.717) is 24.2 Å². The topological polar surface area (TPSA) is 70.1 Å². The van der Waals surface area contributed by atoms with Crippen molar-refractivity contribution in [2.45, 2.75) is 25.5 Å². The molecule has 0 saturated carbocycles. The molecule has 1 N–H and O–H groups in total. The quantitative estimate of drug-likeness (QED) is 0.630. The molecule has 1 saturated heterocycles. The van der Waals surface area contributed by atoms with Crippen molar-refractivity contribution in [3.8, 4) is 16.9 Å². The lowest BCUT2D eigenvalue weighted by atomic mass is 10.0. The molecule has 6 heteroatoms. The molecule has 164 valence electrons. The van der Waals surface area contributed by atoms with E-state index in [1.54, 1.807) is 24.1 Å². The Hall–Kier alpha value is -3.80. The van der Waals surface area contributed by atoms with E-state index in [1.807, 2.05) is 66.7 Å². The van der Waals surface area contributed by atoms with Crippen LogP contribution >= 0.6 is 0 Å². The Morgan fingerprint density at radius 3 is 2.56 bits per heavy atom. The minimum atomic E-state index is -0.558. The van der Waals surface area contributed by atoms with Crippen molar-refractivity contribution >= 4 is 17.7 Å². The fraction of sp³-hybridized carbons (Fsp3) is 0.231. The van der Waals surface area contributed by atoms with E-state index in [2.05, 4.69) is 0 Å². The molecule has 1 aliphatic rings. The predicted molar refractivity (Wildman–Crippen MR) is 123 cm³/mol. The Labute approximate surface area is 187 Å². The lowest BCUT2D eigenvalue weighted by molar-refractivity contribution is -0.122. The smallest absolute Gasteiger partial charge is 0.410 e. The molecule has 3 aromatic rings. The van der Waals surface area contributed by atoms with Gasteiger partial charge in [-0.05, 0) is 42.2 Å². The first-order valence-corrected chi connectivity index (χ1v) is 10.7. The van der Waals surface area contributed by atoms with Gasteiger partial charge in [0.05, 0.1) is 0 Å². The van der Waals surface area contributed by atoms with Gasteiger partial charge in [0, 0.05) is 24.8 Å². The summed E-state index contributed by atoms with van der Waals surface area (Å²) in [7, 11) is 1.71. The van der Waals surface area contributed by atoms with Crippen LogP contribution in [-0.2, 0) is 16.1 Å². The average molecular weight is 431 g/mol. The molecule has 0 bridgehead atoms. The number of hydrogen-bond acceptors (Lipinski definition) is 4. The number of para-hydroxylation sites is 1. The summed E-state index contributed by atoms with van der Waals surface area (Å²) in [6.07, 6.45) is 0.881. The van der Waals surface area contributed by atoms with Crippen LogP contribution in [0.1, 0.15) is 18.4 Å². The van der Waals surface area contributed by atoms with Crippen molar-refractivity contribution in [2.75, 3.05) is 18.5 Å². The van der Waals surface area contributed by atoms with Gasteiger partial charge in [-0.15, -0.1) is 0 Å². The molecule has 1 aliphatic heterocycles. The third-order valence-corrected chi connectivity index (χ3v) is 5.76. The molecule has 32 heavy (non-hydrogen) atoms. The molecule has 4 rings (SSSR count). The van der Waals surface area contributed by atoms with E-state index < -0.39 is 12.1 Å². The first-order chi connectivity index (χ1) is 15.5. The monoisotopic (exact) mass is 430 g/mol. The van der Waals surface area contributed by atoms with Gasteiger partial charge in [0.25, 0.3) is 0 Å². The highest BCUT2D eigenvalue weighted by atomic mass is 16.6. The van der Waals surface area contributed by atoms with E-state index >= 15 is 0 Å².